The molecule has 0 amide bonds. The Morgan fingerprint density at radius 3 is 2.03 bits per heavy atom. The molecule has 2 unspecified atom stereocenters. The van der Waals surface area contributed by atoms with E-state index in [2.05, 4.69) is 33.3 Å². The molecule has 58 heavy (non-hydrogen) atoms. The van der Waals surface area contributed by atoms with Gasteiger partial charge in [-0.1, -0.05) is 59.7 Å². The number of benzene rings is 3. The number of carboxylic acids is 2. The van der Waals surface area contributed by atoms with Crippen LogP contribution in [0.4, 0.5) is 6.01 Å². The van der Waals surface area contributed by atoms with Gasteiger partial charge in [-0.25, -0.2) is 0 Å². The van der Waals surface area contributed by atoms with Crippen LogP contribution >= 0.6 is 0 Å². The first-order valence-electron chi connectivity index (χ1n) is 18.9. The molecular weight excluding hydrogens is 743 g/mol. The van der Waals surface area contributed by atoms with E-state index in [0.29, 0.717) is 55.8 Å². The molecule has 3 aromatic carbocycles. The number of aromatic nitrogens is 2. The van der Waals surface area contributed by atoms with Crippen molar-refractivity contribution in [2.24, 2.45) is 21.6 Å². The van der Waals surface area contributed by atoms with Crippen molar-refractivity contribution in [2.75, 3.05) is 45.9 Å². The first kappa shape index (κ1) is 44.3. The number of hydrogen-bond acceptors (Lipinski definition) is 12. The van der Waals surface area contributed by atoms with E-state index in [1.165, 1.54) is 19.8 Å². The molecule has 0 spiro atoms. The number of nitrogens with zero attached hydrogens (tertiary/aromatic N) is 5. The predicted octanol–water partition coefficient (Wildman–Crippen LogP) is 7.53. The van der Waals surface area contributed by atoms with E-state index in [1.54, 1.807) is 20.8 Å². The number of fused-ring (bicyclic) bond motifs is 1. The quantitative estimate of drug-likeness (QED) is 0.0585. The third-order valence-corrected chi connectivity index (χ3v) is 9.61. The zero-order chi connectivity index (χ0) is 42.1. The zero-order valence-electron chi connectivity index (χ0n) is 34.2. The van der Waals surface area contributed by atoms with Crippen LogP contribution in [0.1, 0.15) is 50.1 Å². The first-order chi connectivity index (χ1) is 27.9. The van der Waals surface area contributed by atoms with Gasteiger partial charge in [0.2, 0.25) is 0 Å². The molecule has 14 heteroatoms. The third-order valence-electron chi connectivity index (χ3n) is 9.61. The number of pyridine rings is 1. The van der Waals surface area contributed by atoms with E-state index < -0.39 is 23.3 Å². The van der Waals surface area contributed by atoms with Gasteiger partial charge in [0.1, 0.15) is 49.2 Å². The maximum absolute atomic E-state index is 11.8. The summed E-state index contributed by atoms with van der Waals surface area (Å²) in [6.07, 6.45) is 4.26. The number of likely N-dealkylation sites (N-methyl/N-ethyl adjacent to an activating group) is 1. The smallest absolute Gasteiger partial charge is 0.315 e. The topological polar surface area (TPSA) is 178 Å². The lowest BCUT2D eigenvalue weighted by Crippen LogP contribution is -2.37. The second-order valence-electron chi connectivity index (χ2n) is 13.8. The van der Waals surface area contributed by atoms with Crippen molar-refractivity contribution in [1.82, 2.24) is 9.97 Å². The highest BCUT2D eigenvalue weighted by Gasteiger charge is 2.37. The van der Waals surface area contributed by atoms with Gasteiger partial charge in [0, 0.05) is 25.4 Å². The number of hydrogen-bond donors (Lipinski definition) is 2. The van der Waals surface area contributed by atoms with Crippen molar-refractivity contribution in [2.45, 2.75) is 53.4 Å². The predicted molar refractivity (Wildman–Crippen MR) is 223 cm³/mol. The first-order valence-corrected chi connectivity index (χ1v) is 18.9. The van der Waals surface area contributed by atoms with Crippen LogP contribution in [0.2, 0.25) is 0 Å². The van der Waals surface area contributed by atoms with Crippen molar-refractivity contribution >= 4 is 40.5 Å². The van der Waals surface area contributed by atoms with E-state index in [4.69, 9.17) is 23.6 Å². The summed E-state index contributed by atoms with van der Waals surface area (Å²) in [6, 6.07) is 27.1. The fraction of sp³-hybridized carbons (Fsp3) is 0.364. The molecule has 0 aliphatic heterocycles. The van der Waals surface area contributed by atoms with E-state index in [0.717, 1.165) is 46.5 Å². The maximum atomic E-state index is 11.8. The molecule has 0 bridgehead atoms. The highest BCUT2D eigenvalue weighted by atomic mass is 16.6. The highest BCUT2D eigenvalue weighted by Crippen LogP contribution is 2.27. The number of aryl methyl sites for hydroxylation is 1. The molecule has 0 saturated heterocycles. The number of para-hydroxylation sites is 2. The van der Waals surface area contributed by atoms with Crippen LogP contribution in [0.25, 0.3) is 11.1 Å². The Bertz CT molecular complexity index is 2080. The Morgan fingerprint density at radius 1 is 0.845 bits per heavy atom. The standard InChI is InChI=1S/C22H25N3O5.C22H28N2O4/c1-15(24-28-3)18(21(26)27)14-16-8-10-17(11-9-16)29-13-12-25(2)22-23-19-6-4-5-7-20(19)30-22;1-5-17-6-9-19(23-15-17)12-13-28-20-10-7-18(8-11-20)14-22(3,21(25)26)16(2)24-27-4/h4-11,18H,12-14H2,1-3H3,(H,26,27);6-11,15H,5,12-14H2,1-4H3,(H,25,26)/b24-15+;24-16+. The normalized spacial score (nSPS) is 13.1. The minimum atomic E-state index is -1.13. The van der Waals surface area contributed by atoms with Crippen LogP contribution in [0.5, 0.6) is 11.5 Å². The van der Waals surface area contributed by atoms with Gasteiger partial charge in [-0.15, -0.1) is 0 Å². The molecule has 5 rings (SSSR count). The van der Waals surface area contributed by atoms with Crippen LogP contribution < -0.4 is 14.4 Å². The number of carbonyl (C=O) groups is 2. The second-order valence-corrected chi connectivity index (χ2v) is 13.8. The van der Waals surface area contributed by atoms with E-state index >= 15 is 0 Å². The summed E-state index contributed by atoms with van der Waals surface area (Å²) in [5.41, 5.74) is 5.27. The van der Waals surface area contributed by atoms with Crippen molar-refractivity contribution in [3.63, 3.8) is 0 Å². The minimum absolute atomic E-state index is 0.314. The van der Waals surface area contributed by atoms with Crippen LogP contribution in [0.3, 0.4) is 0 Å². The summed E-state index contributed by atoms with van der Waals surface area (Å²) in [5.74, 6) is -1.16. The summed E-state index contributed by atoms with van der Waals surface area (Å²) in [6.45, 7) is 8.64. The molecule has 0 fully saturated rings. The van der Waals surface area contributed by atoms with Crippen LogP contribution in [0.15, 0.2) is 106 Å². The summed E-state index contributed by atoms with van der Waals surface area (Å²) in [5, 5.41) is 26.6. The monoisotopic (exact) mass is 795 g/mol. The van der Waals surface area contributed by atoms with Gasteiger partial charge in [-0.05, 0) is 99.2 Å². The van der Waals surface area contributed by atoms with Crippen molar-refractivity contribution < 1.29 is 43.4 Å². The Kier molecular flexibility index (Phi) is 16.6. The molecule has 2 aromatic heterocycles. The second kappa shape index (κ2) is 21.8. The van der Waals surface area contributed by atoms with Gasteiger partial charge in [0.05, 0.1) is 24.6 Å². The van der Waals surface area contributed by atoms with Gasteiger partial charge in [-0.3, -0.25) is 14.6 Å². The van der Waals surface area contributed by atoms with Crippen LogP contribution in [0, 0.1) is 11.3 Å². The Morgan fingerprint density at radius 2 is 1.47 bits per heavy atom. The van der Waals surface area contributed by atoms with Gasteiger partial charge in [-0.2, -0.15) is 4.98 Å². The lowest BCUT2D eigenvalue weighted by Gasteiger charge is -2.24. The van der Waals surface area contributed by atoms with Crippen LogP contribution in [-0.2, 0) is 44.9 Å². The molecule has 2 heterocycles. The Labute approximate surface area is 339 Å². The molecule has 0 saturated carbocycles. The average Bonchev–Trinajstić information content (AvgIpc) is 3.66. The summed E-state index contributed by atoms with van der Waals surface area (Å²) >= 11 is 0. The Balaban J connectivity index is 0.000000257. The van der Waals surface area contributed by atoms with Crippen molar-refractivity contribution in [3.05, 3.63) is 114 Å². The van der Waals surface area contributed by atoms with Gasteiger partial charge in [0.25, 0.3) is 6.01 Å². The van der Waals surface area contributed by atoms with Gasteiger partial charge >= 0.3 is 11.9 Å². The number of anilines is 1. The molecule has 0 radical (unpaired) electrons. The summed E-state index contributed by atoms with van der Waals surface area (Å²) in [7, 11) is 4.70. The van der Waals surface area contributed by atoms with E-state index in [1.807, 2.05) is 97.0 Å². The Hall–Kier alpha value is -6.44. The molecule has 308 valence electrons. The van der Waals surface area contributed by atoms with E-state index in [9.17, 15) is 19.8 Å². The lowest BCUT2D eigenvalue weighted by atomic mass is 9.80. The number of aliphatic carboxylic acids is 2. The zero-order valence-corrected chi connectivity index (χ0v) is 34.2. The van der Waals surface area contributed by atoms with Gasteiger partial charge < -0.3 is 38.7 Å². The molecule has 5 aromatic rings. The van der Waals surface area contributed by atoms with Gasteiger partial charge in [0.15, 0.2) is 5.58 Å². The van der Waals surface area contributed by atoms with Crippen molar-refractivity contribution in [3.8, 4) is 11.5 Å². The number of rotatable bonds is 20. The number of oxazole rings is 1. The third kappa shape index (κ3) is 12.8. The minimum Gasteiger partial charge on any atom is -0.493 e. The molecule has 2 N–H and O–H groups in total. The number of ether oxygens (including phenoxy) is 2. The SMILES string of the molecule is CCc1ccc(CCOc2ccc(CC(C)(C(=O)O)/C(C)=N/OC)cc2)nc1.CO/N=C(\C)C(Cc1ccc(OCCN(C)c2nc3ccccc3o2)cc1)C(=O)O. The van der Waals surface area contributed by atoms with Crippen LogP contribution in [-0.4, -0.2) is 84.6 Å². The molecule has 2 atom stereocenters. The largest absolute Gasteiger partial charge is 0.493 e. The fourth-order valence-electron chi connectivity index (χ4n) is 5.79. The number of carboxylic acid groups (broad SMARTS) is 2. The summed E-state index contributed by atoms with van der Waals surface area (Å²) in [4.78, 5) is 43.5. The number of oxime groups is 2. The van der Waals surface area contributed by atoms with Crippen molar-refractivity contribution in [1.29, 1.82) is 0 Å². The molecule has 0 aliphatic rings. The van der Waals surface area contributed by atoms with E-state index in [-0.39, 0.29) is 0 Å². The lowest BCUT2D eigenvalue weighted by molar-refractivity contribution is -0.144. The average molecular weight is 796 g/mol. The molecule has 14 nitrogen and oxygen atoms in total. The molecular formula is C44H53N5O9. The highest BCUT2D eigenvalue weighted by molar-refractivity contribution is 6.04. The molecule has 0 aliphatic carbocycles. The maximum Gasteiger partial charge on any atom is 0.315 e. The summed E-state index contributed by atoms with van der Waals surface area (Å²) < 4.78 is 17.3. The fourth-order valence-corrected chi connectivity index (χ4v) is 5.79.